The molecule has 0 amide bonds. The van der Waals surface area contributed by atoms with Crippen molar-refractivity contribution >= 4 is 44.5 Å². The lowest BCUT2D eigenvalue weighted by Crippen LogP contribution is -2.15. The number of rotatable bonds is 5. The molecule has 0 radical (unpaired) electrons. The average molecular weight is 625 g/mol. The Morgan fingerprint density at radius 3 is 1.43 bits per heavy atom. The number of fused-ring (bicyclic) bond motifs is 7. The van der Waals surface area contributed by atoms with Gasteiger partial charge in [0.05, 0.1) is 0 Å². The fourth-order valence-electron chi connectivity index (χ4n) is 8.44. The van der Waals surface area contributed by atoms with Gasteiger partial charge in [0.1, 0.15) is 0 Å². The summed E-state index contributed by atoms with van der Waals surface area (Å²) in [4.78, 5) is 0. The lowest BCUT2D eigenvalue weighted by Gasteiger charge is -2.23. The van der Waals surface area contributed by atoms with E-state index in [0.29, 0.717) is 0 Å². The molecule has 0 heteroatoms. The molecular weight excluding hydrogens is 589 g/mol. The van der Waals surface area contributed by atoms with Gasteiger partial charge < -0.3 is 0 Å². The molecule has 0 saturated heterocycles. The SMILES string of the molecule is C=Cc1cc2c(-c3ccc(-c4c5ccccc5c(-c5ccccc5)c5ccccc45)cc3)cc3c(c2cc1C=C)-c1ccccc1C3(C)C. The first-order chi connectivity index (χ1) is 24.0. The molecule has 9 rings (SSSR count). The van der Waals surface area contributed by atoms with Crippen molar-refractivity contribution in [1.82, 2.24) is 0 Å². The zero-order valence-electron chi connectivity index (χ0n) is 27.9. The van der Waals surface area contributed by atoms with Gasteiger partial charge in [0.2, 0.25) is 0 Å². The second-order valence-electron chi connectivity index (χ2n) is 13.7. The largest absolute Gasteiger partial charge is 0.0984 e. The number of benzene rings is 8. The molecule has 1 aliphatic carbocycles. The van der Waals surface area contributed by atoms with E-state index in [4.69, 9.17) is 0 Å². The van der Waals surface area contributed by atoms with Gasteiger partial charge in [-0.25, -0.2) is 0 Å². The third-order valence-corrected chi connectivity index (χ3v) is 10.8. The predicted octanol–water partition coefficient (Wildman–Crippen LogP) is 13.7. The first-order valence-electron chi connectivity index (χ1n) is 17.1. The summed E-state index contributed by atoms with van der Waals surface area (Å²) in [5.74, 6) is 0. The zero-order valence-corrected chi connectivity index (χ0v) is 27.9. The van der Waals surface area contributed by atoms with Crippen LogP contribution in [0.3, 0.4) is 0 Å². The third-order valence-electron chi connectivity index (χ3n) is 10.8. The third kappa shape index (κ3) is 4.31. The van der Waals surface area contributed by atoms with Gasteiger partial charge in [-0.1, -0.05) is 167 Å². The lowest BCUT2D eigenvalue weighted by atomic mass is 9.80. The molecule has 8 aromatic carbocycles. The minimum absolute atomic E-state index is 0.113. The van der Waals surface area contributed by atoms with Crippen LogP contribution in [0.15, 0.2) is 159 Å². The Balaban J connectivity index is 1.28. The molecule has 1 aliphatic rings. The molecule has 0 N–H and O–H groups in total. The highest BCUT2D eigenvalue weighted by Crippen LogP contribution is 2.53. The minimum Gasteiger partial charge on any atom is -0.0984 e. The topological polar surface area (TPSA) is 0 Å². The second-order valence-corrected chi connectivity index (χ2v) is 13.7. The average Bonchev–Trinajstić information content (AvgIpc) is 3.39. The van der Waals surface area contributed by atoms with Crippen molar-refractivity contribution in [2.75, 3.05) is 0 Å². The normalized spacial score (nSPS) is 13.0. The van der Waals surface area contributed by atoms with Crippen molar-refractivity contribution in [2.24, 2.45) is 0 Å². The molecule has 0 aliphatic heterocycles. The molecule has 0 atom stereocenters. The molecule has 0 nitrogen and oxygen atoms in total. The van der Waals surface area contributed by atoms with E-state index < -0.39 is 0 Å². The van der Waals surface area contributed by atoms with Crippen LogP contribution < -0.4 is 0 Å². The highest BCUT2D eigenvalue weighted by Gasteiger charge is 2.37. The fourth-order valence-corrected chi connectivity index (χ4v) is 8.44. The van der Waals surface area contributed by atoms with Crippen LogP contribution in [-0.2, 0) is 5.41 Å². The summed E-state index contributed by atoms with van der Waals surface area (Å²) in [6, 6.07) is 53.8. The Morgan fingerprint density at radius 2 is 0.857 bits per heavy atom. The van der Waals surface area contributed by atoms with Crippen molar-refractivity contribution in [1.29, 1.82) is 0 Å². The Kier molecular flexibility index (Phi) is 6.58. The van der Waals surface area contributed by atoms with Gasteiger partial charge in [0.15, 0.2) is 0 Å². The molecule has 0 unspecified atom stereocenters. The molecule has 0 bridgehead atoms. The monoisotopic (exact) mass is 624 g/mol. The van der Waals surface area contributed by atoms with Crippen molar-refractivity contribution in [2.45, 2.75) is 19.3 Å². The van der Waals surface area contributed by atoms with E-state index in [1.165, 1.54) is 88.0 Å². The Hall–Kier alpha value is -5.98. The molecule has 0 spiro atoms. The standard InChI is InChI=1S/C49H36/c1-5-31-28-42-41(30-45-48(43(42)29-32(31)6-2)40-22-14-15-23-44(40)49(45,3)4)33-24-26-35(27-25-33)47-38-20-12-10-18-36(38)46(34-16-8-7-9-17-34)37-19-11-13-21-39(37)47/h5-30H,1-2H2,3-4H3. The summed E-state index contributed by atoms with van der Waals surface area (Å²) in [5, 5.41) is 7.58. The second kappa shape index (κ2) is 11.0. The van der Waals surface area contributed by atoms with E-state index in [1.54, 1.807) is 0 Å². The van der Waals surface area contributed by atoms with E-state index in [0.717, 1.165) is 11.1 Å². The zero-order chi connectivity index (χ0) is 33.3. The first kappa shape index (κ1) is 29.2. The van der Waals surface area contributed by atoms with Crippen LogP contribution in [-0.4, -0.2) is 0 Å². The van der Waals surface area contributed by atoms with E-state index in [2.05, 4.69) is 173 Å². The van der Waals surface area contributed by atoms with Gasteiger partial charge in [0.25, 0.3) is 0 Å². The van der Waals surface area contributed by atoms with Crippen LogP contribution in [0.5, 0.6) is 0 Å². The summed E-state index contributed by atoms with van der Waals surface area (Å²) < 4.78 is 0. The molecule has 232 valence electrons. The summed E-state index contributed by atoms with van der Waals surface area (Å²) in [7, 11) is 0. The van der Waals surface area contributed by atoms with Gasteiger partial charge in [-0.15, -0.1) is 0 Å². The highest BCUT2D eigenvalue weighted by atomic mass is 14.4. The maximum atomic E-state index is 4.15. The van der Waals surface area contributed by atoms with E-state index in [-0.39, 0.29) is 5.41 Å². The van der Waals surface area contributed by atoms with Crippen molar-refractivity contribution < 1.29 is 0 Å². The molecule has 0 fully saturated rings. The van der Waals surface area contributed by atoms with Crippen LogP contribution in [0.25, 0.3) is 89.0 Å². The highest BCUT2D eigenvalue weighted by molar-refractivity contribution is 6.21. The van der Waals surface area contributed by atoms with Crippen molar-refractivity contribution in [3.8, 4) is 44.5 Å². The predicted molar refractivity (Wildman–Crippen MR) is 213 cm³/mol. The molecular formula is C49H36. The van der Waals surface area contributed by atoms with Crippen LogP contribution in [0.1, 0.15) is 36.1 Å². The molecule has 0 aromatic heterocycles. The van der Waals surface area contributed by atoms with Crippen LogP contribution >= 0.6 is 0 Å². The van der Waals surface area contributed by atoms with Gasteiger partial charge >= 0.3 is 0 Å². The fraction of sp³-hybridized carbons (Fsp3) is 0.0612. The van der Waals surface area contributed by atoms with E-state index >= 15 is 0 Å². The Morgan fingerprint density at radius 1 is 0.388 bits per heavy atom. The number of hydrogen-bond donors (Lipinski definition) is 0. The van der Waals surface area contributed by atoms with Crippen molar-refractivity contribution in [3.63, 3.8) is 0 Å². The van der Waals surface area contributed by atoms with E-state index in [9.17, 15) is 0 Å². The lowest BCUT2D eigenvalue weighted by molar-refractivity contribution is 0.661. The van der Waals surface area contributed by atoms with Crippen molar-refractivity contribution in [3.05, 3.63) is 181 Å². The Labute approximate surface area is 288 Å². The molecule has 8 aromatic rings. The summed E-state index contributed by atoms with van der Waals surface area (Å²) >= 11 is 0. The molecule has 0 heterocycles. The maximum Gasteiger partial charge on any atom is 0.0159 e. The first-order valence-corrected chi connectivity index (χ1v) is 17.1. The smallest absolute Gasteiger partial charge is 0.0159 e. The van der Waals surface area contributed by atoms with Crippen LogP contribution in [0.2, 0.25) is 0 Å². The molecule has 49 heavy (non-hydrogen) atoms. The summed E-state index contributed by atoms with van der Waals surface area (Å²) in [6.07, 6.45) is 3.90. The van der Waals surface area contributed by atoms with Gasteiger partial charge in [-0.2, -0.15) is 0 Å². The van der Waals surface area contributed by atoms with Gasteiger partial charge in [-0.05, 0) is 117 Å². The van der Waals surface area contributed by atoms with E-state index in [1.807, 2.05) is 12.2 Å². The summed E-state index contributed by atoms with van der Waals surface area (Å²) in [6.45, 7) is 13.0. The van der Waals surface area contributed by atoms with Gasteiger partial charge in [0, 0.05) is 5.41 Å². The Bertz CT molecular complexity index is 2580. The maximum absolute atomic E-state index is 4.15. The quantitative estimate of drug-likeness (QED) is 0.167. The van der Waals surface area contributed by atoms with Crippen LogP contribution in [0.4, 0.5) is 0 Å². The number of hydrogen-bond acceptors (Lipinski definition) is 0. The van der Waals surface area contributed by atoms with Crippen LogP contribution in [0, 0.1) is 0 Å². The minimum atomic E-state index is -0.113. The van der Waals surface area contributed by atoms with Gasteiger partial charge in [-0.3, -0.25) is 0 Å². The molecule has 0 saturated carbocycles. The summed E-state index contributed by atoms with van der Waals surface area (Å²) in [5.41, 5.74) is 15.0.